The van der Waals surface area contributed by atoms with E-state index in [-0.39, 0.29) is 0 Å². The minimum absolute atomic E-state index is 1.03. The summed E-state index contributed by atoms with van der Waals surface area (Å²) in [7, 11) is 0. The zero-order valence-electron chi connectivity index (χ0n) is 48.2. The zero-order chi connectivity index (χ0) is 56.8. The molecule has 13 aromatic rings. The smallest absolute Gasteiger partial charge is 0.0462 e. The molecule has 0 fully saturated rings. The van der Waals surface area contributed by atoms with Crippen molar-refractivity contribution < 1.29 is 0 Å². The van der Waals surface area contributed by atoms with E-state index in [4.69, 9.17) is 0 Å². The molecule has 0 radical (unpaired) electrons. The van der Waals surface area contributed by atoms with Gasteiger partial charge in [0.15, 0.2) is 0 Å². The highest BCUT2D eigenvalue weighted by atomic mass is 32.1. The van der Waals surface area contributed by atoms with Crippen molar-refractivity contribution in [2.24, 2.45) is 0 Å². The lowest BCUT2D eigenvalue weighted by Gasteiger charge is -2.25. The molecule has 0 aliphatic carbocycles. The minimum Gasteiger partial charge on any atom is -0.311 e. The summed E-state index contributed by atoms with van der Waals surface area (Å²) in [5.41, 5.74) is 18.3. The second-order valence-electron chi connectivity index (χ2n) is 21.8. The molecule has 0 N–H and O–H groups in total. The molecule has 0 aliphatic rings. The molecule has 13 rings (SSSR count). The lowest BCUT2D eigenvalue weighted by Crippen LogP contribution is -2.09. The van der Waals surface area contributed by atoms with Gasteiger partial charge >= 0.3 is 0 Å². The van der Waals surface area contributed by atoms with Crippen LogP contribution in [0, 0.1) is 0 Å². The maximum atomic E-state index is 2.42. The summed E-state index contributed by atoms with van der Waals surface area (Å²) in [6, 6.07) is 93.4. The molecule has 0 aliphatic heterocycles. The Hall–Kier alpha value is -8.52. The van der Waals surface area contributed by atoms with Gasteiger partial charge in [0, 0.05) is 113 Å². The number of thiophene rings is 3. The Bertz CT molecular complexity index is 3680. The summed E-state index contributed by atoms with van der Waals surface area (Å²) in [6.45, 7) is 7.02. The zero-order valence-corrected chi connectivity index (χ0v) is 50.6. The van der Waals surface area contributed by atoms with Gasteiger partial charge in [0.1, 0.15) is 0 Å². The first-order valence-corrected chi connectivity index (χ1v) is 32.5. The van der Waals surface area contributed by atoms with Gasteiger partial charge in [-0.25, -0.2) is 0 Å². The fraction of sp³-hybridized carbons (Fsp3) is 0.154. The van der Waals surface area contributed by atoms with Crippen LogP contribution >= 0.6 is 34.0 Å². The van der Waals surface area contributed by atoms with Crippen molar-refractivity contribution in [3.8, 4) is 33.4 Å². The van der Waals surface area contributed by atoms with E-state index in [0.717, 1.165) is 109 Å². The number of anilines is 9. The molecule has 3 heterocycles. The lowest BCUT2D eigenvalue weighted by atomic mass is 9.92. The molecule has 0 saturated carbocycles. The van der Waals surface area contributed by atoms with Gasteiger partial charge in [-0.05, 0) is 164 Å². The van der Waals surface area contributed by atoms with Crippen LogP contribution < -0.4 is 14.7 Å². The fourth-order valence-electron chi connectivity index (χ4n) is 12.2. The molecule has 0 atom stereocenters. The van der Waals surface area contributed by atoms with Gasteiger partial charge in [-0.2, -0.15) is 0 Å². The SMILES string of the molecule is CCCCc1sc2c(c1-c1ccc(N(c3ccccc3)c3ccccc3)cc1)c1sc(CCCC)c(-c3ccc(N(c4ccccc4)c4ccccc4)cc3)c1c1sc(CCCC)c(-c3ccc(N(c4ccccc4)c4ccccc4)cc3)c21. The number of unbranched alkanes of at least 4 members (excludes halogenated alkanes) is 3. The van der Waals surface area contributed by atoms with Crippen LogP contribution in [0.1, 0.15) is 73.9 Å². The van der Waals surface area contributed by atoms with Crippen LogP contribution in [-0.4, -0.2) is 0 Å². The molecule has 0 bridgehead atoms. The summed E-state index contributed by atoms with van der Waals surface area (Å²) >= 11 is 6.22. The van der Waals surface area contributed by atoms with Crippen molar-refractivity contribution >= 4 is 115 Å². The van der Waals surface area contributed by atoms with Crippen LogP contribution in [0.15, 0.2) is 255 Å². The van der Waals surface area contributed by atoms with Crippen LogP contribution in [0.2, 0.25) is 0 Å². The molecule has 0 unspecified atom stereocenters. The number of rotatable bonds is 21. The largest absolute Gasteiger partial charge is 0.311 e. The van der Waals surface area contributed by atoms with E-state index < -0.39 is 0 Å². The molecule has 0 saturated heterocycles. The van der Waals surface area contributed by atoms with Crippen molar-refractivity contribution in [1.82, 2.24) is 0 Å². The van der Waals surface area contributed by atoms with E-state index in [1.807, 2.05) is 0 Å². The second-order valence-corrected chi connectivity index (χ2v) is 25.1. The summed E-state index contributed by atoms with van der Waals surface area (Å²) in [5, 5.41) is 4.27. The Morgan fingerprint density at radius 2 is 0.429 bits per heavy atom. The van der Waals surface area contributed by atoms with Crippen LogP contribution in [0.3, 0.4) is 0 Å². The molecule has 3 aromatic heterocycles. The lowest BCUT2D eigenvalue weighted by molar-refractivity contribution is 0.805. The first-order valence-electron chi connectivity index (χ1n) is 30.1. The van der Waals surface area contributed by atoms with Crippen LogP contribution in [-0.2, 0) is 19.3 Å². The summed E-state index contributed by atoms with van der Waals surface area (Å²) < 4.78 is 4.29. The Kier molecular flexibility index (Phi) is 16.4. The molecule has 10 aromatic carbocycles. The maximum absolute atomic E-state index is 2.42. The van der Waals surface area contributed by atoms with Crippen molar-refractivity contribution in [3.63, 3.8) is 0 Å². The monoisotopic (exact) mass is 1140 g/mol. The van der Waals surface area contributed by atoms with Crippen LogP contribution in [0.4, 0.5) is 51.2 Å². The van der Waals surface area contributed by atoms with E-state index in [9.17, 15) is 0 Å². The average molecular weight is 1140 g/mol. The molecular weight excluding hydrogens is 1080 g/mol. The van der Waals surface area contributed by atoms with Crippen molar-refractivity contribution in [3.05, 3.63) is 269 Å². The second kappa shape index (κ2) is 25.1. The van der Waals surface area contributed by atoms with Gasteiger partial charge in [0.25, 0.3) is 0 Å². The number of fused-ring (bicyclic) bond motifs is 6. The third-order valence-corrected chi connectivity index (χ3v) is 20.0. The number of para-hydroxylation sites is 6. The molecular formula is C78H69N3S3. The predicted octanol–water partition coefficient (Wildman–Crippen LogP) is 24.8. The quantitative estimate of drug-likeness (QED) is 0.0710. The Morgan fingerprint density at radius 1 is 0.238 bits per heavy atom. The van der Waals surface area contributed by atoms with Crippen LogP contribution in [0.5, 0.6) is 0 Å². The summed E-state index contributed by atoms with van der Waals surface area (Å²) in [5.74, 6) is 0. The van der Waals surface area contributed by atoms with E-state index in [0.29, 0.717) is 0 Å². The van der Waals surface area contributed by atoms with Gasteiger partial charge < -0.3 is 14.7 Å². The number of aryl methyl sites for hydroxylation is 3. The van der Waals surface area contributed by atoms with E-state index in [1.54, 1.807) is 0 Å². The van der Waals surface area contributed by atoms with Gasteiger partial charge in [-0.3, -0.25) is 0 Å². The van der Waals surface area contributed by atoms with Crippen molar-refractivity contribution in [2.45, 2.75) is 78.6 Å². The maximum Gasteiger partial charge on any atom is 0.0462 e. The molecule has 0 spiro atoms. The normalized spacial score (nSPS) is 11.5. The van der Waals surface area contributed by atoms with Gasteiger partial charge in [-0.15, -0.1) is 34.0 Å². The van der Waals surface area contributed by atoms with E-state index in [1.165, 1.54) is 78.3 Å². The van der Waals surface area contributed by atoms with Crippen molar-refractivity contribution in [2.75, 3.05) is 14.7 Å². The topological polar surface area (TPSA) is 9.72 Å². The van der Waals surface area contributed by atoms with Gasteiger partial charge in [0.2, 0.25) is 0 Å². The third kappa shape index (κ3) is 10.8. The Balaban J connectivity index is 1.07. The third-order valence-electron chi connectivity index (χ3n) is 16.2. The first kappa shape index (κ1) is 54.7. The fourth-order valence-corrected chi connectivity index (χ4v) is 16.7. The molecule has 414 valence electrons. The summed E-state index contributed by atoms with van der Waals surface area (Å²) in [6.07, 6.45) is 9.88. The number of nitrogens with zero attached hydrogens (tertiary/aromatic N) is 3. The van der Waals surface area contributed by atoms with Gasteiger partial charge in [0.05, 0.1) is 0 Å². The summed E-state index contributed by atoms with van der Waals surface area (Å²) in [4.78, 5) is 11.6. The van der Waals surface area contributed by atoms with Crippen LogP contribution in [0.25, 0.3) is 63.6 Å². The number of hydrogen-bond donors (Lipinski definition) is 0. The number of benzene rings is 10. The molecule has 0 amide bonds. The molecule has 84 heavy (non-hydrogen) atoms. The molecule has 3 nitrogen and oxygen atoms in total. The molecule has 6 heteroatoms. The Labute approximate surface area is 508 Å². The predicted molar refractivity (Wildman–Crippen MR) is 369 cm³/mol. The Morgan fingerprint density at radius 3 is 0.619 bits per heavy atom. The minimum atomic E-state index is 1.03. The van der Waals surface area contributed by atoms with E-state index in [2.05, 4.69) is 324 Å². The van der Waals surface area contributed by atoms with E-state index >= 15 is 0 Å². The van der Waals surface area contributed by atoms with Crippen molar-refractivity contribution in [1.29, 1.82) is 0 Å². The standard InChI is InChI=1S/C78H69N3S3/c1-4-7-40-67-70(55-43-49-64(50-44-55)79(58-28-16-10-17-29-58)59-30-18-11-19-31-59)73-76(82-67)74-71(56-45-51-65(52-46-56)80(60-32-20-12-21-33-60)61-34-22-13-23-35-61)68(41-8-5-2)84-78(74)75-72(69(42-9-6-3)83-77(73)75)57-47-53-66(54-48-57)81(62-36-24-14-25-37-62)63-38-26-15-27-39-63/h10-39,43-54H,4-9,40-42H2,1-3H3. The number of hydrogen-bond acceptors (Lipinski definition) is 6. The highest BCUT2D eigenvalue weighted by Gasteiger charge is 2.30. The highest BCUT2D eigenvalue weighted by molar-refractivity contribution is 7.28. The average Bonchev–Trinajstić information content (AvgIpc) is 3.34. The first-order chi connectivity index (χ1) is 41.6. The highest BCUT2D eigenvalue weighted by Crippen LogP contribution is 2.58. The van der Waals surface area contributed by atoms with Gasteiger partial charge in [-0.1, -0.05) is 186 Å².